The van der Waals surface area contributed by atoms with Crippen LogP contribution in [-0.4, -0.2) is 16.6 Å². The van der Waals surface area contributed by atoms with E-state index in [1.807, 2.05) is 44.2 Å². The summed E-state index contributed by atoms with van der Waals surface area (Å²) in [5, 5.41) is 3.40. The number of nitrogens with one attached hydrogen (secondary N) is 1. The lowest BCUT2D eigenvalue weighted by molar-refractivity contribution is 0.340. The van der Waals surface area contributed by atoms with E-state index in [1.54, 1.807) is 0 Å². The van der Waals surface area contributed by atoms with E-state index in [-0.39, 0.29) is 5.28 Å². The lowest BCUT2D eigenvalue weighted by Crippen LogP contribution is -1.97. The molecule has 0 aliphatic heterocycles. The molecular weight excluding hydrogens is 250 g/mol. The molecule has 2 rings (SSSR count). The van der Waals surface area contributed by atoms with Gasteiger partial charge in [-0.2, -0.15) is 0 Å². The molecule has 0 atom stereocenters. The van der Waals surface area contributed by atoms with E-state index < -0.39 is 0 Å². The van der Waals surface area contributed by atoms with Crippen LogP contribution in [0.25, 0.3) is 0 Å². The predicted molar refractivity (Wildman–Crippen MR) is 72.7 cm³/mol. The lowest BCUT2D eigenvalue weighted by atomic mass is 10.3. The third-order valence-corrected chi connectivity index (χ3v) is 2.41. The summed E-state index contributed by atoms with van der Waals surface area (Å²) in [7, 11) is 0. The zero-order valence-electron chi connectivity index (χ0n) is 10.3. The summed E-state index contributed by atoms with van der Waals surface area (Å²) in [6.07, 6.45) is 0. The van der Waals surface area contributed by atoms with Crippen LogP contribution in [0, 0.1) is 6.92 Å². The molecule has 1 N–H and O–H groups in total. The van der Waals surface area contributed by atoms with Crippen molar-refractivity contribution in [2.75, 3.05) is 11.9 Å². The van der Waals surface area contributed by atoms with Gasteiger partial charge >= 0.3 is 0 Å². The van der Waals surface area contributed by atoms with Gasteiger partial charge < -0.3 is 10.1 Å². The van der Waals surface area contributed by atoms with E-state index in [4.69, 9.17) is 16.3 Å². The highest BCUT2D eigenvalue weighted by Crippen LogP contribution is 2.21. The summed E-state index contributed by atoms with van der Waals surface area (Å²) in [6.45, 7) is 4.46. The zero-order valence-corrected chi connectivity index (χ0v) is 11.0. The van der Waals surface area contributed by atoms with Crippen LogP contribution >= 0.6 is 11.6 Å². The summed E-state index contributed by atoms with van der Waals surface area (Å²) in [6, 6.07) is 9.51. The first-order valence-corrected chi connectivity index (χ1v) is 6.06. The standard InChI is InChI=1S/C13H14ClN3O/c1-3-18-11-6-4-5-10(8-11)16-12-7-9(2)15-13(14)17-12/h4-8H,3H2,1-2H3,(H,15,16,17). The molecule has 0 unspecified atom stereocenters. The Morgan fingerprint density at radius 1 is 1.28 bits per heavy atom. The number of nitrogens with zero attached hydrogens (tertiary/aromatic N) is 2. The number of hydrogen-bond acceptors (Lipinski definition) is 4. The zero-order chi connectivity index (χ0) is 13.0. The molecule has 0 bridgehead atoms. The monoisotopic (exact) mass is 263 g/mol. The molecule has 0 aliphatic carbocycles. The van der Waals surface area contributed by atoms with Crippen LogP contribution in [0.15, 0.2) is 30.3 Å². The maximum atomic E-state index is 5.81. The number of halogens is 1. The van der Waals surface area contributed by atoms with Crippen molar-refractivity contribution in [2.45, 2.75) is 13.8 Å². The van der Waals surface area contributed by atoms with Gasteiger partial charge in [-0.05, 0) is 37.6 Å². The van der Waals surface area contributed by atoms with Gasteiger partial charge in [0, 0.05) is 23.5 Å². The molecule has 1 aromatic heterocycles. The van der Waals surface area contributed by atoms with Gasteiger partial charge in [-0.25, -0.2) is 9.97 Å². The van der Waals surface area contributed by atoms with Crippen molar-refractivity contribution in [3.63, 3.8) is 0 Å². The fourth-order valence-electron chi connectivity index (χ4n) is 1.57. The fraction of sp³-hybridized carbons (Fsp3) is 0.231. The second kappa shape index (κ2) is 5.69. The summed E-state index contributed by atoms with van der Waals surface area (Å²) < 4.78 is 5.43. The van der Waals surface area contributed by atoms with Crippen LogP contribution in [0.1, 0.15) is 12.6 Å². The van der Waals surface area contributed by atoms with Gasteiger partial charge in [-0.3, -0.25) is 0 Å². The molecule has 0 amide bonds. The quantitative estimate of drug-likeness (QED) is 0.857. The van der Waals surface area contributed by atoms with Crippen LogP contribution in [-0.2, 0) is 0 Å². The molecule has 94 valence electrons. The summed E-state index contributed by atoms with van der Waals surface area (Å²) in [5.41, 5.74) is 1.72. The molecule has 0 fully saturated rings. The maximum Gasteiger partial charge on any atom is 0.224 e. The van der Waals surface area contributed by atoms with Crippen LogP contribution < -0.4 is 10.1 Å². The van der Waals surface area contributed by atoms with E-state index in [2.05, 4.69) is 15.3 Å². The number of benzene rings is 1. The first kappa shape index (κ1) is 12.6. The Hall–Kier alpha value is -1.81. The summed E-state index contributed by atoms with van der Waals surface area (Å²) >= 11 is 5.81. The van der Waals surface area contributed by atoms with Crippen LogP contribution in [0.3, 0.4) is 0 Å². The van der Waals surface area contributed by atoms with Gasteiger partial charge in [-0.15, -0.1) is 0 Å². The Morgan fingerprint density at radius 3 is 2.83 bits per heavy atom. The maximum absolute atomic E-state index is 5.81. The average molecular weight is 264 g/mol. The normalized spacial score (nSPS) is 10.2. The Bertz CT molecular complexity index is 525. The molecular formula is C13H14ClN3O. The largest absolute Gasteiger partial charge is 0.494 e. The number of anilines is 2. The Balaban J connectivity index is 2.20. The molecule has 0 saturated heterocycles. The third-order valence-electron chi connectivity index (χ3n) is 2.24. The van der Waals surface area contributed by atoms with Crippen LogP contribution in [0.2, 0.25) is 5.28 Å². The fourth-order valence-corrected chi connectivity index (χ4v) is 1.80. The van der Waals surface area contributed by atoms with Gasteiger partial charge in [-0.1, -0.05) is 6.07 Å². The van der Waals surface area contributed by atoms with Gasteiger partial charge in [0.1, 0.15) is 11.6 Å². The molecule has 2 aromatic rings. The molecule has 1 aromatic carbocycles. The second-order valence-electron chi connectivity index (χ2n) is 3.75. The van der Waals surface area contributed by atoms with Gasteiger partial charge in [0.15, 0.2) is 0 Å². The van der Waals surface area contributed by atoms with E-state index >= 15 is 0 Å². The molecule has 1 heterocycles. The van der Waals surface area contributed by atoms with Crippen molar-refractivity contribution in [3.8, 4) is 5.75 Å². The van der Waals surface area contributed by atoms with Crippen molar-refractivity contribution in [3.05, 3.63) is 41.3 Å². The molecule has 0 aliphatic rings. The second-order valence-corrected chi connectivity index (χ2v) is 4.09. The highest BCUT2D eigenvalue weighted by atomic mass is 35.5. The van der Waals surface area contributed by atoms with Crippen molar-refractivity contribution in [1.82, 2.24) is 9.97 Å². The number of rotatable bonds is 4. The summed E-state index contributed by atoms with van der Waals surface area (Å²) in [5.74, 6) is 1.49. The molecule has 5 heteroatoms. The SMILES string of the molecule is CCOc1cccc(Nc2cc(C)nc(Cl)n2)c1. The topological polar surface area (TPSA) is 47.0 Å². The highest BCUT2D eigenvalue weighted by molar-refractivity contribution is 6.28. The highest BCUT2D eigenvalue weighted by Gasteiger charge is 2.01. The lowest BCUT2D eigenvalue weighted by Gasteiger charge is -2.08. The molecule has 0 radical (unpaired) electrons. The average Bonchev–Trinajstić information content (AvgIpc) is 2.28. The third kappa shape index (κ3) is 3.34. The molecule has 18 heavy (non-hydrogen) atoms. The van der Waals surface area contributed by atoms with E-state index in [1.165, 1.54) is 0 Å². The van der Waals surface area contributed by atoms with Crippen molar-refractivity contribution in [2.24, 2.45) is 0 Å². The number of hydrogen-bond donors (Lipinski definition) is 1. The minimum atomic E-state index is 0.235. The molecule has 0 saturated carbocycles. The van der Waals surface area contributed by atoms with E-state index in [0.29, 0.717) is 12.4 Å². The van der Waals surface area contributed by atoms with Gasteiger partial charge in [0.05, 0.1) is 6.61 Å². The smallest absolute Gasteiger partial charge is 0.224 e. The molecule has 0 spiro atoms. The Morgan fingerprint density at radius 2 is 2.11 bits per heavy atom. The first-order chi connectivity index (χ1) is 8.67. The van der Waals surface area contributed by atoms with Gasteiger partial charge in [0.2, 0.25) is 5.28 Å². The first-order valence-electron chi connectivity index (χ1n) is 5.68. The minimum absolute atomic E-state index is 0.235. The van der Waals surface area contributed by atoms with E-state index in [0.717, 1.165) is 17.1 Å². The van der Waals surface area contributed by atoms with Crippen molar-refractivity contribution >= 4 is 23.1 Å². The van der Waals surface area contributed by atoms with Crippen molar-refractivity contribution in [1.29, 1.82) is 0 Å². The minimum Gasteiger partial charge on any atom is -0.494 e. The van der Waals surface area contributed by atoms with Crippen LogP contribution in [0.5, 0.6) is 5.75 Å². The number of ether oxygens (including phenoxy) is 1. The van der Waals surface area contributed by atoms with E-state index in [9.17, 15) is 0 Å². The number of aryl methyl sites for hydroxylation is 1. The van der Waals surface area contributed by atoms with Gasteiger partial charge in [0.25, 0.3) is 0 Å². The predicted octanol–water partition coefficient (Wildman–Crippen LogP) is 3.58. The molecule has 4 nitrogen and oxygen atoms in total. The Kier molecular flexibility index (Phi) is 3.99. The number of aromatic nitrogens is 2. The Labute approximate surface area is 111 Å². The van der Waals surface area contributed by atoms with Crippen molar-refractivity contribution < 1.29 is 4.74 Å². The van der Waals surface area contributed by atoms with Crippen LogP contribution in [0.4, 0.5) is 11.5 Å². The summed E-state index contributed by atoms with van der Waals surface area (Å²) in [4.78, 5) is 8.12.